The zero-order valence-corrected chi connectivity index (χ0v) is 12.5. The molecule has 0 radical (unpaired) electrons. The first-order valence-corrected chi connectivity index (χ1v) is 7.85. The van der Waals surface area contributed by atoms with E-state index in [4.69, 9.17) is 0 Å². The summed E-state index contributed by atoms with van der Waals surface area (Å²) in [5.41, 5.74) is 1.18. The van der Waals surface area contributed by atoms with Crippen LogP contribution in [0, 0.1) is 11.8 Å². The van der Waals surface area contributed by atoms with Crippen LogP contribution in [0.25, 0.3) is 11.0 Å². The molecular formula is C16H16N4O3. The third-order valence-electron chi connectivity index (χ3n) is 4.81. The molecule has 4 rings (SSSR count). The number of hydrogen-bond donors (Lipinski definition) is 0. The minimum absolute atomic E-state index is 0.211. The van der Waals surface area contributed by atoms with E-state index < -0.39 is 5.91 Å². The Hall–Kier alpha value is -2.57. The smallest absolute Gasteiger partial charge is 0.268 e. The summed E-state index contributed by atoms with van der Waals surface area (Å²) in [6.45, 7) is -0.266. The molecule has 118 valence electrons. The fourth-order valence-corrected chi connectivity index (χ4v) is 3.64. The van der Waals surface area contributed by atoms with Gasteiger partial charge in [0, 0.05) is 0 Å². The highest BCUT2D eigenvalue weighted by molar-refractivity contribution is 6.08. The molecule has 2 heterocycles. The van der Waals surface area contributed by atoms with Crippen molar-refractivity contribution in [3.63, 3.8) is 0 Å². The Balaban J connectivity index is 1.59. The zero-order chi connectivity index (χ0) is 16.0. The number of para-hydroxylation sites is 1. The van der Waals surface area contributed by atoms with Gasteiger partial charge in [0.1, 0.15) is 12.1 Å². The molecule has 1 saturated carbocycles. The molecule has 1 aliphatic carbocycles. The second-order valence-electron chi connectivity index (χ2n) is 6.14. The van der Waals surface area contributed by atoms with Gasteiger partial charge in [0.05, 0.1) is 17.4 Å². The highest BCUT2D eigenvalue weighted by Crippen LogP contribution is 2.37. The van der Waals surface area contributed by atoms with Crippen LogP contribution in [0.3, 0.4) is 0 Å². The van der Waals surface area contributed by atoms with Crippen molar-refractivity contribution in [1.29, 1.82) is 0 Å². The van der Waals surface area contributed by atoms with E-state index in [1.54, 1.807) is 18.2 Å². The molecule has 0 N–H and O–H groups in total. The van der Waals surface area contributed by atoms with E-state index in [0.29, 0.717) is 11.0 Å². The monoisotopic (exact) mass is 312 g/mol. The number of hydrogen-bond acceptors (Lipinski definition) is 5. The molecule has 1 saturated heterocycles. The molecule has 1 aromatic heterocycles. The van der Waals surface area contributed by atoms with Crippen molar-refractivity contribution in [1.82, 2.24) is 19.9 Å². The molecule has 23 heavy (non-hydrogen) atoms. The van der Waals surface area contributed by atoms with Gasteiger partial charge in [-0.2, -0.15) is 4.68 Å². The topological polar surface area (TPSA) is 85.2 Å². The first kappa shape index (κ1) is 14.0. The maximum Gasteiger partial charge on any atom is 0.268 e. The molecule has 2 amide bonds. The summed E-state index contributed by atoms with van der Waals surface area (Å²) in [6, 6.07) is 7.09. The van der Waals surface area contributed by atoms with Crippen LogP contribution >= 0.6 is 0 Å². The molecule has 2 atom stereocenters. The first-order valence-electron chi connectivity index (χ1n) is 7.85. The van der Waals surface area contributed by atoms with Crippen molar-refractivity contribution in [3.05, 3.63) is 24.3 Å². The summed E-state index contributed by atoms with van der Waals surface area (Å²) in [4.78, 5) is 38.5. The predicted molar refractivity (Wildman–Crippen MR) is 80.3 cm³/mol. The largest absolute Gasteiger partial charge is 0.274 e. The van der Waals surface area contributed by atoms with Crippen LogP contribution in [-0.4, -0.2) is 44.2 Å². The Morgan fingerprint density at radius 2 is 1.74 bits per heavy atom. The molecule has 2 aromatic rings. The van der Waals surface area contributed by atoms with Gasteiger partial charge in [-0.1, -0.05) is 30.2 Å². The normalized spacial score (nSPS) is 24.3. The number of likely N-dealkylation sites (tertiary alicyclic amines) is 1. The number of nitrogens with zero attached hydrogens (tertiary/aromatic N) is 4. The second-order valence-corrected chi connectivity index (χ2v) is 6.14. The Bertz CT molecular complexity index is 789. The lowest BCUT2D eigenvalue weighted by atomic mass is 9.81. The zero-order valence-electron chi connectivity index (χ0n) is 12.5. The minimum Gasteiger partial charge on any atom is -0.274 e. The van der Waals surface area contributed by atoms with E-state index in [2.05, 4.69) is 10.3 Å². The van der Waals surface area contributed by atoms with E-state index in [9.17, 15) is 14.4 Å². The number of rotatable bonds is 2. The summed E-state index contributed by atoms with van der Waals surface area (Å²) in [6.07, 6.45) is 3.42. The van der Waals surface area contributed by atoms with Crippen molar-refractivity contribution >= 4 is 28.8 Å². The molecular weight excluding hydrogens is 296 g/mol. The van der Waals surface area contributed by atoms with Crippen molar-refractivity contribution in [2.75, 3.05) is 6.54 Å². The maximum absolute atomic E-state index is 12.5. The Labute approximate surface area is 132 Å². The van der Waals surface area contributed by atoms with Crippen LogP contribution in [0.4, 0.5) is 0 Å². The molecule has 7 nitrogen and oxygen atoms in total. The van der Waals surface area contributed by atoms with Crippen molar-refractivity contribution in [3.8, 4) is 0 Å². The lowest BCUT2D eigenvalue weighted by molar-refractivity contribution is -0.139. The Kier molecular flexibility index (Phi) is 3.21. The van der Waals surface area contributed by atoms with Crippen LogP contribution in [0.15, 0.2) is 24.3 Å². The average molecular weight is 312 g/mol. The number of fused-ring (bicyclic) bond motifs is 2. The quantitative estimate of drug-likeness (QED) is 0.779. The number of imide groups is 1. The molecule has 0 bridgehead atoms. The van der Waals surface area contributed by atoms with Gasteiger partial charge < -0.3 is 0 Å². The van der Waals surface area contributed by atoms with Gasteiger partial charge in [-0.3, -0.25) is 19.3 Å². The van der Waals surface area contributed by atoms with E-state index >= 15 is 0 Å². The fourth-order valence-electron chi connectivity index (χ4n) is 3.64. The van der Waals surface area contributed by atoms with E-state index in [0.717, 1.165) is 35.3 Å². The number of aromatic nitrogens is 3. The predicted octanol–water partition coefficient (Wildman–Crippen LogP) is 1.25. The van der Waals surface area contributed by atoms with E-state index in [1.807, 2.05) is 6.07 Å². The van der Waals surface area contributed by atoms with Crippen LogP contribution in [0.2, 0.25) is 0 Å². The lowest BCUT2D eigenvalue weighted by Crippen LogP contribution is -2.38. The summed E-state index contributed by atoms with van der Waals surface area (Å²) >= 11 is 0. The number of benzene rings is 1. The molecule has 2 fully saturated rings. The van der Waals surface area contributed by atoms with Gasteiger partial charge in [-0.15, -0.1) is 5.10 Å². The SMILES string of the molecule is O=C1C2CCCCC2C(=O)N1CC(=O)n1nnc2ccccc21. The Morgan fingerprint density at radius 3 is 2.43 bits per heavy atom. The third-order valence-corrected chi connectivity index (χ3v) is 4.81. The summed E-state index contributed by atoms with van der Waals surface area (Å²) in [5, 5.41) is 7.77. The van der Waals surface area contributed by atoms with Gasteiger partial charge in [0.15, 0.2) is 0 Å². The van der Waals surface area contributed by atoms with Crippen molar-refractivity contribution in [2.24, 2.45) is 11.8 Å². The number of amides is 2. The highest BCUT2D eigenvalue weighted by Gasteiger charge is 2.48. The summed E-state index contributed by atoms with van der Waals surface area (Å²) < 4.78 is 1.16. The van der Waals surface area contributed by atoms with Crippen LogP contribution in [0.5, 0.6) is 0 Å². The van der Waals surface area contributed by atoms with Gasteiger partial charge >= 0.3 is 0 Å². The van der Waals surface area contributed by atoms with Crippen LogP contribution < -0.4 is 0 Å². The lowest BCUT2D eigenvalue weighted by Gasteiger charge is -2.19. The minimum atomic E-state index is -0.418. The van der Waals surface area contributed by atoms with Crippen molar-refractivity contribution in [2.45, 2.75) is 25.7 Å². The van der Waals surface area contributed by atoms with Gasteiger partial charge in [-0.05, 0) is 25.0 Å². The maximum atomic E-state index is 12.5. The third kappa shape index (κ3) is 2.15. The van der Waals surface area contributed by atoms with Gasteiger partial charge in [-0.25, -0.2) is 0 Å². The van der Waals surface area contributed by atoms with Crippen molar-refractivity contribution < 1.29 is 14.4 Å². The van der Waals surface area contributed by atoms with Crippen LogP contribution in [0.1, 0.15) is 30.5 Å². The van der Waals surface area contributed by atoms with Gasteiger partial charge in [0.25, 0.3) is 5.91 Å². The summed E-state index contributed by atoms with van der Waals surface area (Å²) in [7, 11) is 0. The first-order chi connectivity index (χ1) is 11.2. The molecule has 1 aliphatic heterocycles. The molecule has 2 aliphatic rings. The second kappa shape index (κ2) is 5.26. The molecule has 7 heteroatoms. The Morgan fingerprint density at radius 1 is 1.09 bits per heavy atom. The molecule has 1 aromatic carbocycles. The average Bonchev–Trinajstić information content (AvgIpc) is 3.11. The molecule has 2 unspecified atom stereocenters. The number of carbonyl (C=O) groups excluding carboxylic acids is 3. The highest BCUT2D eigenvalue weighted by atomic mass is 16.2. The fraction of sp³-hybridized carbons (Fsp3) is 0.438. The molecule has 0 spiro atoms. The van der Waals surface area contributed by atoms with E-state index in [1.165, 1.54) is 0 Å². The number of carbonyl (C=O) groups is 3. The summed E-state index contributed by atoms with van der Waals surface area (Å²) in [5.74, 6) is -1.32. The standard InChI is InChI=1S/C16H16N4O3/c21-14(20-13-8-4-3-7-12(13)17-18-20)9-19-15(22)10-5-1-2-6-11(10)16(19)23/h3-4,7-8,10-11H,1-2,5-6,9H2. The van der Waals surface area contributed by atoms with E-state index in [-0.39, 0.29) is 30.2 Å². The van der Waals surface area contributed by atoms with Gasteiger partial charge in [0.2, 0.25) is 11.8 Å². The van der Waals surface area contributed by atoms with Crippen LogP contribution in [-0.2, 0) is 9.59 Å².